The number of nitrogens with two attached hydrogens (primary N) is 1. The van der Waals surface area contributed by atoms with Gasteiger partial charge in [0.15, 0.2) is 5.16 Å². The van der Waals surface area contributed by atoms with Crippen molar-refractivity contribution >= 4 is 27.5 Å². The molecule has 3 N–H and O–H groups in total. The fourth-order valence-corrected chi connectivity index (χ4v) is 2.65. The monoisotopic (exact) mass is 295 g/mol. The first-order valence-electron chi connectivity index (χ1n) is 6.77. The molecule has 6 heteroatoms. The van der Waals surface area contributed by atoms with Crippen LogP contribution in [0.1, 0.15) is 20.3 Å². The summed E-state index contributed by atoms with van der Waals surface area (Å²) < 4.78 is 17.6. The zero-order valence-electron chi connectivity index (χ0n) is 11.9. The highest BCUT2D eigenvalue weighted by molar-refractivity contribution is 7.84. The molecule has 0 saturated heterocycles. The van der Waals surface area contributed by atoms with Gasteiger partial charge in [0.1, 0.15) is 0 Å². The van der Waals surface area contributed by atoms with Gasteiger partial charge in [-0.1, -0.05) is 13.8 Å². The van der Waals surface area contributed by atoms with Gasteiger partial charge in [-0.25, -0.2) is 4.98 Å². The molecule has 0 aliphatic carbocycles. The number of H-pyrrole nitrogens is 1. The number of nitrogens with one attached hydrogen (secondary N) is 1. The Kier molecular flexibility index (Phi) is 5.14. The summed E-state index contributed by atoms with van der Waals surface area (Å²) in [4.78, 5) is 7.36. The Morgan fingerprint density at radius 1 is 1.40 bits per heavy atom. The Morgan fingerprint density at radius 3 is 2.95 bits per heavy atom. The Morgan fingerprint density at radius 2 is 2.20 bits per heavy atom. The van der Waals surface area contributed by atoms with Gasteiger partial charge in [-0.3, -0.25) is 4.21 Å². The predicted molar refractivity (Wildman–Crippen MR) is 82.1 cm³/mol. The highest BCUT2D eigenvalue weighted by Gasteiger charge is 2.10. The Bertz CT molecular complexity index is 595. The summed E-state index contributed by atoms with van der Waals surface area (Å²) >= 11 is 0. The molecule has 0 spiro atoms. The third kappa shape index (κ3) is 4.05. The summed E-state index contributed by atoms with van der Waals surface area (Å²) in [6.45, 7) is 5.51. The van der Waals surface area contributed by atoms with Gasteiger partial charge in [0.05, 0.1) is 34.2 Å². The number of rotatable bonds is 7. The summed E-state index contributed by atoms with van der Waals surface area (Å²) in [6.07, 6.45) is 1.02. The van der Waals surface area contributed by atoms with Crippen LogP contribution in [-0.4, -0.2) is 33.1 Å². The molecule has 0 aliphatic heterocycles. The van der Waals surface area contributed by atoms with Gasteiger partial charge in [-0.15, -0.1) is 0 Å². The van der Waals surface area contributed by atoms with Gasteiger partial charge in [0, 0.05) is 12.3 Å². The third-order valence-electron chi connectivity index (χ3n) is 2.95. The second-order valence-electron chi connectivity index (χ2n) is 5.16. The number of aromatic amines is 1. The van der Waals surface area contributed by atoms with E-state index in [9.17, 15) is 4.21 Å². The lowest BCUT2D eigenvalue weighted by Crippen LogP contribution is -2.09. The first-order valence-corrected chi connectivity index (χ1v) is 8.09. The summed E-state index contributed by atoms with van der Waals surface area (Å²) in [5, 5.41) is 0.484. The summed E-state index contributed by atoms with van der Waals surface area (Å²) in [5.74, 6) is 1.08. The van der Waals surface area contributed by atoms with E-state index in [4.69, 9.17) is 10.5 Å². The number of ether oxygens (including phenoxy) is 1. The van der Waals surface area contributed by atoms with Crippen molar-refractivity contribution in [2.75, 3.05) is 24.7 Å². The van der Waals surface area contributed by atoms with Crippen molar-refractivity contribution in [2.45, 2.75) is 25.4 Å². The number of anilines is 1. The number of benzene rings is 1. The Hall–Kier alpha value is -1.40. The number of nitrogen functional groups attached to an aromatic ring is 1. The molecule has 0 bridgehead atoms. The van der Waals surface area contributed by atoms with E-state index in [0.29, 0.717) is 35.7 Å². The van der Waals surface area contributed by atoms with E-state index < -0.39 is 10.8 Å². The van der Waals surface area contributed by atoms with Crippen LogP contribution in [0.15, 0.2) is 23.4 Å². The smallest absolute Gasteiger partial charge is 0.197 e. The van der Waals surface area contributed by atoms with Crippen LogP contribution in [0, 0.1) is 5.92 Å². The second kappa shape index (κ2) is 6.85. The van der Waals surface area contributed by atoms with E-state index in [1.54, 1.807) is 12.1 Å². The molecular formula is C14H21N3O2S. The second-order valence-corrected chi connectivity index (χ2v) is 6.65. The largest absolute Gasteiger partial charge is 0.399 e. The number of fused-ring (bicyclic) bond motifs is 1. The van der Waals surface area contributed by atoms with Crippen molar-refractivity contribution in [3.8, 4) is 0 Å². The maximum atomic E-state index is 12.1. The Labute approximate surface area is 121 Å². The van der Waals surface area contributed by atoms with Crippen LogP contribution in [0.2, 0.25) is 0 Å². The van der Waals surface area contributed by atoms with Crippen molar-refractivity contribution in [1.82, 2.24) is 9.97 Å². The van der Waals surface area contributed by atoms with E-state index in [0.717, 1.165) is 17.5 Å². The van der Waals surface area contributed by atoms with E-state index >= 15 is 0 Å². The van der Waals surface area contributed by atoms with Crippen molar-refractivity contribution in [1.29, 1.82) is 0 Å². The third-order valence-corrected chi connectivity index (χ3v) is 4.11. The fourth-order valence-electron chi connectivity index (χ4n) is 1.76. The first-order chi connectivity index (χ1) is 9.56. The lowest BCUT2D eigenvalue weighted by molar-refractivity contribution is 0.138. The molecule has 5 nitrogen and oxygen atoms in total. The molecule has 0 radical (unpaired) electrons. The van der Waals surface area contributed by atoms with Gasteiger partial charge in [0.25, 0.3) is 0 Å². The number of hydrogen-bond acceptors (Lipinski definition) is 4. The van der Waals surface area contributed by atoms with Gasteiger partial charge < -0.3 is 15.5 Å². The molecule has 1 aromatic heterocycles. The molecule has 0 amide bonds. The molecule has 20 heavy (non-hydrogen) atoms. The standard InChI is InChI=1S/C14H21N3O2S/c1-10(2)5-6-19-7-8-20(18)14-16-12-4-3-11(15)9-13(12)17-14/h3-4,9-10H,5-8,15H2,1-2H3,(H,16,17). The molecule has 1 heterocycles. The van der Waals surface area contributed by atoms with Crippen LogP contribution in [0.4, 0.5) is 5.69 Å². The number of imidazole rings is 1. The van der Waals surface area contributed by atoms with Crippen LogP contribution < -0.4 is 5.73 Å². The quantitative estimate of drug-likeness (QED) is 0.606. The van der Waals surface area contributed by atoms with Crippen molar-refractivity contribution in [3.63, 3.8) is 0 Å². The number of hydrogen-bond donors (Lipinski definition) is 2. The average Bonchev–Trinajstić information content (AvgIpc) is 2.80. The van der Waals surface area contributed by atoms with E-state index in [1.165, 1.54) is 0 Å². The number of aromatic nitrogens is 2. The molecule has 0 aliphatic rings. The fraction of sp³-hybridized carbons (Fsp3) is 0.500. The summed E-state index contributed by atoms with van der Waals surface area (Å²) in [7, 11) is -1.17. The van der Waals surface area contributed by atoms with Gasteiger partial charge in [-0.05, 0) is 30.5 Å². The average molecular weight is 295 g/mol. The van der Waals surface area contributed by atoms with Crippen LogP contribution in [0.5, 0.6) is 0 Å². The van der Waals surface area contributed by atoms with Crippen LogP contribution >= 0.6 is 0 Å². The molecule has 1 unspecified atom stereocenters. The van der Waals surface area contributed by atoms with E-state index in [2.05, 4.69) is 23.8 Å². The highest BCUT2D eigenvalue weighted by atomic mass is 32.2. The molecule has 1 aromatic carbocycles. The molecule has 110 valence electrons. The van der Waals surface area contributed by atoms with E-state index in [-0.39, 0.29) is 0 Å². The zero-order valence-corrected chi connectivity index (χ0v) is 12.7. The van der Waals surface area contributed by atoms with E-state index in [1.807, 2.05) is 6.07 Å². The number of nitrogens with zero attached hydrogens (tertiary/aromatic N) is 1. The molecule has 2 aromatic rings. The SMILES string of the molecule is CC(C)CCOCCS(=O)c1nc2ccc(N)cc2[nH]1. The lowest BCUT2D eigenvalue weighted by Gasteiger charge is -2.05. The molecular weight excluding hydrogens is 274 g/mol. The van der Waals surface area contributed by atoms with Crippen LogP contribution in [0.25, 0.3) is 11.0 Å². The normalized spacial score (nSPS) is 13.2. The lowest BCUT2D eigenvalue weighted by atomic mass is 10.1. The molecule has 0 saturated carbocycles. The minimum Gasteiger partial charge on any atom is -0.399 e. The van der Waals surface area contributed by atoms with Gasteiger partial charge >= 0.3 is 0 Å². The maximum absolute atomic E-state index is 12.1. The topological polar surface area (TPSA) is 81.0 Å². The van der Waals surface area contributed by atoms with Gasteiger partial charge in [0.2, 0.25) is 0 Å². The minimum atomic E-state index is -1.17. The van der Waals surface area contributed by atoms with Gasteiger partial charge in [-0.2, -0.15) is 0 Å². The van der Waals surface area contributed by atoms with Crippen molar-refractivity contribution in [3.05, 3.63) is 18.2 Å². The summed E-state index contributed by atoms with van der Waals surface area (Å²) in [6, 6.07) is 5.40. The maximum Gasteiger partial charge on any atom is 0.197 e. The summed E-state index contributed by atoms with van der Waals surface area (Å²) in [5.41, 5.74) is 7.96. The molecule has 0 fully saturated rings. The molecule has 2 rings (SSSR count). The van der Waals surface area contributed by atoms with Crippen LogP contribution in [-0.2, 0) is 15.5 Å². The molecule has 1 atom stereocenters. The highest BCUT2D eigenvalue weighted by Crippen LogP contribution is 2.16. The Balaban J connectivity index is 1.88. The van der Waals surface area contributed by atoms with Crippen molar-refractivity contribution in [2.24, 2.45) is 5.92 Å². The predicted octanol–water partition coefficient (Wildman–Crippen LogP) is 2.32. The first kappa shape index (κ1) is 15.0. The van der Waals surface area contributed by atoms with Crippen molar-refractivity contribution < 1.29 is 8.95 Å². The zero-order chi connectivity index (χ0) is 14.5. The van der Waals surface area contributed by atoms with Crippen LogP contribution in [0.3, 0.4) is 0 Å². The minimum absolute atomic E-state index is 0.452.